The average molecular weight is 374 g/mol. The van der Waals surface area contributed by atoms with Crippen LogP contribution >= 0.6 is 0 Å². The monoisotopic (exact) mass is 374 g/mol. The predicted molar refractivity (Wildman–Crippen MR) is 107 cm³/mol. The van der Waals surface area contributed by atoms with Crippen LogP contribution in [0.4, 0.5) is 5.95 Å². The van der Waals surface area contributed by atoms with Gasteiger partial charge in [0, 0.05) is 41.9 Å². The van der Waals surface area contributed by atoms with E-state index in [1.165, 1.54) is 0 Å². The molecule has 0 aromatic carbocycles. The highest BCUT2D eigenvalue weighted by Crippen LogP contribution is 2.23. The smallest absolute Gasteiger partial charge is 0.270 e. The third-order valence-corrected chi connectivity index (χ3v) is 4.85. The Kier molecular flexibility index (Phi) is 5.23. The van der Waals surface area contributed by atoms with E-state index in [0.717, 1.165) is 36.2 Å². The number of nitrogens with one attached hydrogen (secondary N) is 2. The van der Waals surface area contributed by atoms with Crippen LogP contribution in [0.15, 0.2) is 55.0 Å². The topological polar surface area (TPSA) is 92.7 Å². The van der Waals surface area contributed by atoms with Gasteiger partial charge in [0.05, 0.1) is 5.69 Å². The quantitative estimate of drug-likeness (QED) is 0.713. The zero-order valence-corrected chi connectivity index (χ0v) is 15.7. The van der Waals surface area contributed by atoms with Gasteiger partial charge < -0.3 is 10.6 Å². The molecular weight excluding hydrogens is 352 g/mol. The summed E-state index contributed by atoms with van der Waals surface area (Å²) in [5.74, 6) is 0.483. The maximum atomic E-state index is 12.4. The molecule has 0 saturated heterocycles. The van der Waals surface area contributed by atoms with Gasteiger partial charge >= 0.3 is 0 Å². The Morgan fingerprint density at radius 2 is 1.82 bits per heavy atom. The van der Waals surface area contributed by atoms with Gasteiger partial charge in [0.2, 0.25) is 5.95 Å². The van der Waals surface area contributed by atoms with Crippen LogP contribution in [0, 0.1) is 6.92 Å². The van der Waals surface area contributed by atoms with E-state index in [4.69, 9.17) is 0 Å². The molecule has 0 radical (unpaired) electrons. The molecular formula is C21H22N6O. The van der Waals surface area contributed by atoms with Gasteiger partial charge in [-0.25, -0.2) is 15.0 Å². The van der Waals surface area contributed by atoms with Crippen LogP contribution in [0.5, 0.6) is 0 Å². The summed E-state index contributed by atoms with van der Waals surface area (Å²) in [5, 5.41) is 6.48. The van der Waals surface area contributed by atoms with Crippen molar-refractivity contribution in [1.82, 2.24) is 25.3 Å². The van der Waals surface area contributed by atoms with Crippen molar-refractivity contribution in [2.24, 2.45) is 0 Å². The molecule has 3 aromatic rings. The standard InChI is InChI=1S/C21H22N6O/c1-14-3-2-4-19(24-14)20(28)25-16-5-6-17(13-16)26-21-23-12-9-18(27-21)15-7-10-22-11-8-15/h2-4,7-12,16-17H,5-6,13H2,1H3,(H,25,28)(H,23,26,27)/t16-,17-/m0/s1. The number of aryl methyl sites for hydroxylation is 1. The number of carbonyl (C=O) groups excluding carboxylic acids is 1. The third-order valence-electron chi connectivity index (χ3n) is 4.85. The van der Waals surface area contributed by atoms with Gasteiger partial charge in [-0.1, -0.05) is 6.07 Å². The largest absolute Gasteiger partial charge is 0.351 e. The highest BCUT2D eigenvalue weighted by Gasteiger charge is 2.27. The molecule has 7 heteroatoms. The number of anilines is 1. The molecule has 1 fully saturated rings. The average Bonchev–Trinajstić information content (AvgIpc) is 3.15. The van der Waals surface area contributed by atoms with Crippen LogP contribution in [0.3, 0.4) is 0 Å². The number of rotatable bonds is 5. The molecule has 4 rings (SSSR count). The van der Waals surface area contributed by atoms with Crippen molar-refractivity contribution < 1.29 is 4.79 Å². The van der Waals surface area contributed by atoms with Gasteiger partial charge in [0.1, 0.15) is 5.69 Å². The van der Waals surface area contributed by atoms with Gasteiger partial charge in [0.15, 0.2) is 0 Å². The molecule has 2 atom stereocenters. The lowest BCUT2D eigenvalue weighted by Gasteiger charge is -2.15. The van der Waals surface area contributed by atoms with E-state index in [1.807, 2.05) is 37.3 Å². The molecule has 2 N–H and O–H groups in total. The van der Waals surface area contributed by atoms with Gasteiger partial charge in [-0.15, -0.1) is 0 Å². The first kappa shape index (κ1) is 18.0. The van der Waals surface area contributed by atoms with Crippen LogP contribution in [0.25, 0.3) is 11.3 Å². The Labute approximate surface area is 163 Å². The normalized spacial score (nSPS) is 18.6. The Morgan fingerprint density at radius 1 is 1.00 bits per heavy atom. The molecule has 0 unspecified atom stereocenters. The van der Waals surface area contributed by atoms with E-state index in [1.54, 1.807) is 24.7 Å². The summed E-state index contributed by atoms with van der Waals surface area (Å²) in [7, 11) is 0. The van der Waals surface area contributed by atoms with Crippen LogP contribution in [0.1, 0.15) is 35.4 Å². The minimum absolute atomic E-state index is 0.120. The van der Waals surface area contributed by atoms with Crippen molar-refractivity contribution in [3.8, 4) is 11.3 Å². The van der Waals surface area contributed by atoms with E-state index < -0.39 is 0 Å². The highest BCUT2D eigenvalue weighted by molar-refractivity contribution is 5.92. The summed E-state index contributed by atoms with van der Waals surface area (Å²) < 4.78 is 0. The van der Waals surface area contributed by atoms with Gasteiger partial charge in [-0.2, -0.15) is 0 Å². The molecule has 3 aromatic heterocycles. The lowest BCUT2D eigenvalue weighted by atomic mass is 10.2. The number of amides is 1. The second-order valence-corrected chi connectivity index (χ2v) is 6.99. The Hall–Kier alpha value is -3.35. The molecule has 1 amide bonds. The summed E-state index contributed by atoms with van der Waals surface area (Å²) in [4.78, 5) is 29.7. The molecule has 1 aliphatic carbocycles. The molecule has 28 heavy (non-hydrogen) atoms. The zero-order valence-electron chi connectivity index (χ0n) is 15.7. The first-order chi connectivity index (χ1) is 13.7. The fourth-order valence-electron chi connectivity index (χ4n) is 3.47. The summed E-state index contributed by atoms with van der Waals surface area (Å²) in [5.41, 5.74) is 3.16. The molecule has 1 saturated carbocycles. The molecule has 1 aliphatic rings. The minimum Gasteiger partial charge on any atom is -0.351 e. The SMILES string of the molecule is Cc1cccc(C(=O)N[C@H]2CC[C@H](Nc3nccc(-c4ccncc4)n3)C2)n1. The maximum absolute atomic E-state index is 12.4. The van der Waals surface area contributed by atoms with Gasteiger partial charge in [-0.05, 0) is 56.5 Å². The Morgan fingerprint density at radius 3 is 2.64 bits per heavy atom. The van der Waals surface area contributed by atoms with Crippen LogP contribution in [-0.2, 0) is 0 Å². The van der Waals surface area contributed by atoms with Crippen molar-refractivity contribution in [3.63, 3.8) is 0 Å². The van der Waals surface area contributed by atoms with E-state index in [-0.39, 0.29) is 18.0 Å². The fourth-order valence-corrected chi connectivity index (χ4v) is 3.47. The van der Waals surface area contributed by atoms with Crippen LogP contribution in [0.2, 0.25) is 0 Å². The molecule has 142 valence electrons. The molecule has 7 nitrogen and oxygen atoms in total. The maximum Gasteiger partial charge on any atom is 0.270 e. The van der Waals surface area contributed by atoms with E-state index in [2.05, 4.69) is 30.6 Å². The summed E-state index contributed by atoms with van der Waals surface area (Å²) in [6.07, 6.45) is 7.95. The lowest BCUT2D eigenvalue weighted by Crippen LogP contribution is -2.34. The lowest BCUT2D eigenvalue weighted by molar-refractivity contribution is 0.0932. The Balaban J connectivity index is 1.36. The Bertz CT molecular complexity index is 962. The zero-order chi connectivity index (χ0) is 19.3. The van der Waals surface area contributed by atoms with Gasteiger partial charge in [-0.3, -0.25) is 9.78 Å². The van der Waals surface area contributed by atoms with Crippen molar-refractivity contribution in [2.75, 3.05) is 5.32 Å². The second-order valence-electron chi connectivity index (χ2n) is 6.99. The second kappa shape index (κ2) is 8.12. The first-order valence-electron chi connectivity index (χ1n) is 9.42. The molecule has 0 bridgehead atoms. The van der Waals surface area contributed by atoms with Crippen LogP contribution < -0.4 is 10.6 Å². The van der Waals surface area contributed by atoms with Crippen molar-refractivity contribution in [1.29, 1.82) is 0 Å². The number of hydrogen-bond donors (Lipinski definition) is 2. The molecule has 0 spiro atoms. The highest BCUT2D eigenvalue weighted by atomic mass is 16.1. The number of pyridine rings is 2. The third kappa shape index (κ3) is 4.31. The summed E-state index contributed by atoms with van der Waals surface area (Å²) in [6.45, 7) is 1.88. The molecule has 3 heterocycles. The number of carbonyl (C=O) groups is 1. The predicted octanol–water partition coefficient (Wildman–Crippen LogP) is 3.01. The van der Waals surface area contributed by atoms with E-state index in [0.29, 0.717) is 11.6 Å². The van der Waals surface area contributed by atoms with Crippen molar-refractivity contribution >= 4 is 11.9 Å². The van der Waals surface area contributed by atoms with Crippen LogP contribution in [-0.4, -0.2) is 37.9 Å². The summed E-state index contributed by atoms with van der Waals surface area (Å²) in [6, 6.07) is 11.5. The van der Waals surface area contributed by atoms with Gasteiger partial charge in [0.25, 0.3) is 5.91 Å². The minimum atomic E-state index is -0.120. The van der Waals surface area contributed by atoms with E-state index >= 15 is 0 Å². The number of hydrogen-bond acceptors (Lipinski definition) is 6. The molecule has 0 aliphatic heterocycles. The van der Waals surface area contributed by atoms with E-state index in [9.17, 15) is 4.79 Å². The summed E-state index contributed by atoms with van der Waals surface area (Å²) >= 11 is 0. The van der Waals surface area contributed by atoms with Crippen molar-refractivity contribution in [2.45, 2.75) is 38.3 Å². The van der Waals surface area contributed by atoms with Crippen molar-refractivity contribution in [3.05, 3.63) is 66.4 Å². The fraction of sp³-hybridized carbons (Fsp3) is 0.286. The number of nitrogens with zero attached hydrogens (tertiary/aromatic N) is 4. The first-order valence-corrected chi connectivity index (χ1v) is 9.42. The number of aromatic nitrogens is 4.